The van der Waals surface area contributed by atoms with E-state index >= 15 is 0 Å². The molecule has 110 valence electrons. The molecule has 0 aliphatic rings. The van der Waals surface area contributed by atoms with Crippen LogP contribution < -0.4 is 10.2 Å². The van der Waals surface area contributed by atoms with Crippen LogP contribution in [-0.2, 0) is 11.2 Å². The van der Waals surface area contributed by atoms with Crippen LogP contribution in [0.15, 0.2) is 12.1 Å². The molecule has 2 N–H and O–H groups in total. The second-order valence-electron chi connectivity index (χ2n) is 4.33. The zero-order chi connectivity index (χ0) is 15.1. The van der Waals surface area contributed by atoms with Gasteiger partial charge in [-0.05, 0) is 32.4 Å². The topological polar surface area (TPSA) is 82.5 Å². The van der Waals surface area contributed by atoms with Gasteiger partial charge in [0.2, 0.25) is 5.91 Å². The molecule has 0 aliphatic carbocycles. The molecule has 0 aliphatic heterocycles. The lowest BCUT2D eigenvalue weighted by Gasteiger charge is -2.22. The fraction of sp³-hybridized carbons (Fsp3) is 0.500. The second-order valence-corrected chi connectivity index (χ2v) is 4.33. The molecular formula is C14H21N3O3. The Balaban J connectivity index is 3.04. The zero-order valence-electron chi connectivity index (χ0n) is 12.1. The van der Waals surface area contributed by atoms with Crippen molar-refractivity contribution in [2.45, 2.75) is 27.2 Å². The number of nitrogens with one attached hydrogen (secondary N) is 1. The molecule has 1 rings (SSSR count). The van der Waals surface area contributed by atoms with Crippen molar-refractivity contribution in [3.8, 4) is 0 Å². The number of nitrogens with zero attached hydrogens (tertiary/aromatic N) is 2. The van der Waals surface area contributed by atoms with E-state index in [4.69, 9.17) is 5.11 Å². The minimum absolute atomic E-state index is 0.102. The first kappa shape index (κ1) is 15.9. The molecule has 1 aromatic heterocycles. The Morgan fingerprint density at radius 1 is 1.30 bits per heavy atom. The highest BCUT2D eigenvalue weighted by Gasteiger charge is 2.14. The van der Waals surface area contributed by atoms with Crippen LogP contribution in [0.2, 0.25) is 0 Å². The van der Waals surface area contributed by atoms with Crippen molar-refractivity contribution in [3.63, 3.8) is 0 Å². The lowest BCUT2D eigenvalue weighted by molar-refractivity contribution is -0.119. The molecule has 20 heavy (non-hydrogen) atoms. The molecule has 0 atom stereocenters. The van der Waals surface area contributed by atoms with Gasteiger partial charge < -0.3 is 15.3 Å². The van der Waals surface area contributed by atoms with Gasteiger partial charge in [-0.15, -0.1) is 0 Å². The maximum atomic E-state index is 11.7. The summed E-state index contributed by atoms with van der Waals surface area (Å²) >= 11 is 0. The van der Waals surface area contributed by atoms with Gasteiger partial charge >= 0.3 is 5.97 Å². The molecule has 1 amide bonds. The molecule has 0 radical (unpaired) electrons. The third-order valence-electron chi connectivity index (χ3n) is 2.89. The van der Waals surface area contributed by atoms with E-state index in [0.717, 1.165) is 0 Å². The Bertz CT molecular complexity index is 489. The van der Waals surface area contributed by atoms with Crippen LogP contribution in [0.25, 0.3) is 0 Å². The lowest BCUT2D eigenvalue weighted by atomic mass is 10.2. The molecule has 0 aromatic carbocycles. The minimum Gasteiger partial charge on any atom is -0.478 e. The predicted octanol–water partition coefficient (Wildman–Crippen LogP) is 1.30. The summed E-state index contributed by atoms with van der Waals surface area (Å²) in [5.41, 5.74) is 0.899. The monoisotopic (exact) mass is 279 g/mol. The van der Waals surface area contributed by atoms with E-state index < -0.39 is 5.97 Å². The van der Waals surface area contributed by atoms with Crippen LogP contribution in [0.3, 0.4) is 0 Å². The van der Waals surface area contributed by atoms with Gasteiger partial charge in [-0.1, -0.05) is 6.92 Å². The fourth-order valence-electron chi connectivity index (χ4n) is 1.82. The van der Waals surface area contributed by atoms with Crippen LogP contribution in [-0.4, -0.2) is 41.6 Å². The van der Waals surface area contributed by atoms with Crippen molar-refractivity contribution in [1.29, 1.82) is 0 Å². The van der Waals surface area contributed by atoms with Crippen molar-refractivity contribution in [2.75, 3.05) is 24.5 Å². The molecule has 0 saturated carbocycles. The van der Waals surface area contributed by atoms with Gasteiger partial charge in [0.05, 0.1) is 12.1 Å². The minimum atomic E-state index is -0.989. The highest BCUT2D eigenvalue weighted by molar-refractivity contribution is 5.89. The van der Waals surface area contributed by atoms with Crippen molar-refractivity contribution < 1.29 is 14.7 Å². The maximum absolute atomic E-state index is 11.7. The lowest BCUT2D eigenvalue weighted by Crippen LogP contribution is -2.37. The van der Waals surface area contributed by atoms with E-state index in [9.17, 15) is 9.59 Å². The van der Waals surface area contributed by atoms with Crippen LogP contribution in [0, 0.1) is 0 Å². The van der Waals surface area contributed by atoms with Gasteiger partial charge in [-0.25, -0.2) is 9.78 Å². The molecule has 0 saturated heterocycles. The quantitative estimate of drug-likeness (QED) is 0.786. The van der Waals surface area contributed by atoms with Crippen molar-refractivity contribution >= 4 is 17.7 Å². The number of amides is 1. The van der Waals surface area contributed by atoms with E-state index in [1.807, 2.05) is 20.8 Å². The Morgan fingerprint density at radius 3 is 2.50 bits per heavy atom. The summed E-state index contributed by atoms with van der Waals surface area (Å²) in [7, 11) is 0. The number of hydrogen-bond donors (Lipinski definition) is 2. The number of rotatable bonds is 7. The van der Waals surface area contributed by atoms with Crippen LogP contribution in [0.1, 0.15) is 36.8 Å². The molecule has 0 fully saturated rings. The Hall–Kier alpha value is -2.11. The van der Waals surface area contributed by atoms with Crippen molar-refractivity contribution in [1.82, 2.24) is 10.3 Å². The van der Waals surface area contributed by atoms with E-state index in [1.54, 1.807) is 11.0 Å². The number of anilines is 1. The summed E-state index contributed by atoms with van der Waals surface area (Å²) in [4.78, 5) is 29.0. The van der Waals surface area contributed by atoms with Crippen molar-refractivity contribution in [3.05, 3.63) is 23.4 Å². The smallest absolute Gasteiger partial charge is 0.335 e. The summed E-state index contributed by atoms with van der Waals surface area (Å²) in [6.07, 6.45) is 0.646. The number of likely N-dealkylation sites (N-methyl/N-ethyl adjacent to an activating group) is 2. The van der Waals surface area contributed by atoms with Gasteiger partial charge in [0.25, 0.3) is 0 Å². The summed E-state index contributed by atoms with van der Waals surface area (Å²) in [5.74, 6) is -0.567. The number of carbonyl (C=O) groups excluding carboxylic acids is 1. The fourth-order valence-corrected chi connectivity index (χ4v) is 1.82. The number of carboxylic acid groups (broad SMARTS) is 1. The van der Waals surface area contributed by atoms with Crippen molar-refractivity contribution in [2.24, 2.45) is 0 Å². The number of aryl methyl sites for hydroxylation is 1. The Kier molecular flexibility index (Phi) is 5.96. The highest BCUT2D eigenvalue weighted by Crippen LogP contribution is 2.15. The largest absolute Gasteiger partial charge is 0.478 e. The van der Waals surface area contributed by atoms with E-state index in [1.165, 1.54) is 6.07 Å². The normalized spacial score (nSPS) is 10.2. The number of aromatic nitrogens is 1. The SMILES string of the molecule is CCNC(=O)CN(CC)c1cc(C(=O)O)cc(CC)n1. The molecule has 0 spiro atoms. The molecule has 1 aromatic rings. The Labute approximate surface area is 118 Å². The summed E-state index contributed by atoms with van der Waals surface area (Å²) in [6, 6.07) is 3.07. The molecular weight excluding hydrogens is 258 g/mol. The number of pyridine rings is 1. The molecule has 0 unspecified atom stereocenters. The molecule has 1 heterocycles. The summed E-state index contributed by atoms with van der Waals surface area (Å²) in [5, 5.41) is 11.8. The average molecular weight is 279 g/mol. The predicted molar refractivity (Wildman–Crippen MR) is 77.1 cm³/mol. The average Bonchev–Trinajstić information content (AvgIpc) is 2.44. The van der Waals surface area contributed by atoms with Gasteiger partial charge in [0, 0.05) is 18.8 Å². The van der Waals surface area contributed by atoms with Gasteiger partial charge in [-0.2, -0.15) is 0 Å². The van der Waals surface area contributed by atoms with E-state index in [2.05, 4.69) is 10.3 Å². The third kappa shape index (κ3) is 4.22. The molecule has 6 nitrogen and oxygen atoms in total. The number of aromatic carboxylic acids is 1. The standard InChI is InChI=1S/C14H21N3O3/c1-4-11-7-10(14(19)20)8-12(16-11)17(6-3)9-13(18)15-5-2/h7-8H,4-6,9H2,1-3H3,(H,15,18)(H,19,20). The third-order valence-corrected chi connectivity index (χ3v) is 2.89. The number of carboxylic acids is 1. The molecule has 0 bridgehead atoms. The van der Waals surface area contributed by atoms with Gasteiger partial charge in [-0.3, -0.25) is 4.79 Å². The number of hydrogen-bond acceptors (Lipinski definition) is 4. The zero-order valence-corrected chi connectivity index (χ0v) is 12.1. The highest BCUT2D eigenvalue weighted by atomic mass is 16.4. The van der Waals surface area contributed by atoms with Crippen LogP contribution in [0.4, 0.5) is 5.82 Å². The van der Waals surface area contributed by atoms with E-state index in [-0.39, 0.29) is 18.0 Å². The van der Waals surface area contributed by atoms with Crippen LogP contribution in [0.5, 0.6) is 0 Å². The van der Waals surface area contributed by atoms with Gasteiger partial charge in [0.1, 0.15) is 5.82 Å². The van der Waals surface area contributed by atoms with Crippen LogP contribution >= 0.6 is 0 Å². The summed E-state index contributed by atoms with van der Waals surface area (Å²) < 4.78 is 0. The van der Waals surface area contributed by atoms with Gasteiger partial charge in [0.15, 0.2) is 0 Å². The molecule has 6 heteroatoms. The second kappa shape index (κ2) is 7.47. The van der Waals surface area contributed by atoms with E-state index in [0.29, 0.717) is 31.0 Å². The Morgan fingerprint density at radius 2 is 2.00 bits per heavy atom. The number of carbonyl (C=O) groups is 2. The first-order chi connectivity index (χ1) is 9.51. The first-order valence-corrected chi connectivity index (χ1v) is 6.77. The maximum Gasteiger partial charge on any atom is 0.335 e. The first-order valence-electron chi connectivity index (χ1n) is 6.77. The summed E-state index contributed by atoms with van der Waals surface area (Å²) in [6.45, 7) is 6.99.